The first-order valence-electron chi connectivity index (χ1n) is 9.79. The number of aromatic nitrogens is 1. The number of aromatic hydroxyl groups is 2. The van der Waals surface area contributed by atoms with Crippen LogP contribution in [0, 0.1) is 0 Å². The van der Waals surface area contributed by atoms with Gasteiger partial charge in [-0.15, -0.1) is 0 Å². The Morgan fingerprint density at radius 3 is 2.10 bits per heavy atom. The standard InChI is InChI=1S/C23H22N2O4/c1-29-18-10-6-16(7-11-18)24-21(26)13-4-8-17(9-5-13)25-22(27)19-14-2-3-15(12-14)20(19)23(25)28/h4-11,14-15,27-28H,2-3,12H2,1H3,(H,24,26). The Morgan fingerprint density at radius 2 is 1.55 bits per heavy atom. The van der Waals surface area contributed by atoms with Crippen molar-refractivity contribution in [3.05, 3.63) is 65.2 Å². The molecule has 1 heterocycles. The molecule has 0 radical (unpaired) electrons. The molecule has 1 amide bonds. The number of ether oxygens (including phenoxy) is 1. The van der Waals surface area contributed by atoms with Crippen LogP contribution in [-0.4, -0.2) is 27.8 Å². The van der Waals surface area contributed by atoms with Crippen LogP contribution in [0.2, 0.25) is 0 Å². The molecule has 2 aromatic carbocycles. The lowest BCUT2D eigenvalue weighted by atomic mass is 9.95. The van der Waals surface area contributed by atoms with E-state index in [0.29, 0.717) is 28.8 Å². The molecule has 148 valence electrons. The predicted octanol–water partition coefficient (Wildman–Crippen LogP) is 4.51. The maximum atomic E-state index is 12.5. The average Bonchev–Trinajstić information content (AvgIpc) is 3.42. The van der Waals surface area contributed by atoms with Crippen molar-refractivity contribution >= 4 is 11.6 Å². The Kier molecular flexibility index (Phi) is 4.01. The zero-order valence-electron chi connectivity index (χ0n) is 16.1. The van der Waals surface area contributed by atoms with Crippen LogP contribution in [0.1, 0.15) is 52.6 Å². The second-order valence-corrected chi connectivity index (χ2v) is 7.75. The van der Waals surface area contributed by atoms with E-state index in [2.05, 4.69) is 5.32 Å². The second-order valence-electron chi connectivity index (χ2n) is 7.75. The van der Waals surface area contributed by atoms with Crippen molar-refractivity contribution in [2.75, 3.05) is 12.4 Å². The first kappa shape index (κ1) is 17.7. The van der Waals surface area contributed by atoms with Crippen LogP contribution in [0.5, 0.6) is 17.5 Å². The molecule has 5 rings (SSSR count). The summed E-state index contributed by atoms with van der Waals surface area (Å²) >= 11 is 0. The van der Waals surface area contributed by atoms with Crippen LogP contribution >= 0.6 is 0 Å². The lowest BCUT2D eigenvalue weighted by Crippen LogP contribution is -2.11. The molecule has 0 saturated heterocycles. The zero-order valence-corrected chi connectivity index (χ0v) is 16.1. The molecular formula is C23H22N2O4. The zero-order chi connectivity index (χ0) is 20.1. The van der Waals surface area contributed by atoms with Crippen LogP contribution in [-0.2, 0) is 0 Å². The summed E-state index contributed by atoms with van der Waals surface area (Å²) in [6.07, 6.45) is 3.16. The van der Waals surface area contributed by atoms with Crippen LogP contribution in [0.4, 0.5) is 5.69 Å². The molecule has 1 fully saturated rings. The van der Waals surface area contributed by atoms with Gasteiger partial charge >= 0.3 is 0 Å². The molecule has 2 bridgehead atoms. The van der Waals surface area contributed by atoms with Crippen LogP contribution in [0.15, 0.2) is 48.5 Å². The molecule has 2 aliphatic rings. The Labute approximate surface area is 168 Å². The summed E-state index contributed by atoms with van der Waals surface area (Å²) in [7, 11) is 1.59. The molecule has 2 unspecified atom stereocenters. The van der Waals surface area contributed by atoms with Crippen LogP contribution in [0.25, 0.3) is 5.69 Å². The van der Waals surface area contributed by atoms with Gasteiger partial charge in [0.2, 0.25) is 11.8 Å². The van der Waals surface area contributed by atoms with Gasteiger partial charge in [0.1, 0.15) is 5.75 Å². The monoisotopic (exact) mass is 390 g/mol. The summed E-state index contributed by atoms with van der Waals surface area (Å²) in [5.74, 6) is 1.43. The number of nitrogens with zero attached hydrogens (tertiary/aromatic N) is 1. The maximum Gasteiger partial charge on any atom is 0.255 e. The Hall–Kier alpha value is -3.41. The minimum Gasteiger partial charge on any atom is -0.497 e. The fraction of sp³-hybridized carbons (Fsp3) is 0.261. The summed E-state index contributed by atoms with van der Waals surface area (Å²) < 4.78 is 6.60. The van der Waals surface area contributed by atoms with Crippen molar-refractivity contribution < 1.29 is 19.7 Å². The summed E-state index contributed by atoms with van der Waals surface area (Å²) in [5, 5.41) is 24.3. The van der Waals surface area contributed by atoms with E-state index in [4.69, 9.17) is 4.74 Å². The van der Waals surface area contributed by atoms with Gasteiger partial charge < -0.3 is 20.3 Å². The Bertz CT molecular complexity index is 1050. The molecule has 0 aliphatic heterocycles. The van der Waals surface area contributed by atoms with E-state index in [9.17, 15) is 15.0 Å². The first-order chi connectivity index (χ1) is 14.1. The van der Waals surface area contributed by atoms with Gasteiger partial charge in [0.15, 0.2) is 0 Å². The van der Waals surface area contributed by atoms with Gasteiger partial charge in [0.05, 0.1) is 12.8 Å². The molecular weight excluding hydrogens is 368 g/mol. The van der Waals surface area contributed by atoms with E-state index in [-0.39, 0.29) is 17.7 Å². The lowest BCUT2D eigenvalue weighted by Gasteiger charge is -2.11. The number of methoxy groups -OCH3 is 1. The molecule has 6 nitrogen and oxygen atoms in total. The highest BCUT2D eigenvalue weighted by atomic mass is 16.5. The number of carbonyl (C=O) groups is 1. The number of anilines is 1. The van der Waals surface area contributed by atoms with Crippen LogP contribution in [0.3, 0.4) is 0 Å². The number of benzene rings is 2. The number of nitrogens with one attached hydrogen (secondary N) is 1. The highest BCUT2D eigenvalue weighted by Crippen LogP contribution is 2.60. The minimum absolute atomic E-state index is 0.125. The van der Waals surface area contributed by atoms with E-state index in [1.54, 1.807) is 55.6 Å². The molecule has 1 saturated carbocycles. The number of fused-ring (bicyclic) bond motifs is 5. The molecule has 2 atom stereocenters. The van der Waals surface area contributed by atoms with E-state index in [1.165, 1.54) is 4.57 Å². The third kappa shape index (κ3) is 2.75. The number of hydrogen-bond donors (Lipinski definition) is 3. The van der Waals surface area contributed by atoms with E-state index in [1.807, 2.05) is 0 Å². The lowest BCUT2D eigenvalue weighted by molar-refractivity contribution is 0.102. The van der Waals surface area contributed by atoms with Crippen molar-refractivity contribution in [3.63, 3.8) is 0 Å². The molecule has 6 heteroatoms. The maximum absolute atomic E-state index is 12.5. The largest absolute Gasteiger partial charge is 0.497 e. The molecule has 2 aliphatic carbocycles. The van der Waals surface area contributed by atoms with E-state index >= 15 is 0 Å². The summed E-state index contributed by atoms with van der Waals surface area (Å²) in [4.78, 5) is 12.5. The fourth-order valence-electron chi connectivity index (χ4n) is 4.78. The summed E-state index contributed by atoms with van der Waals surface area (Å²) in [5.41, 5.74) is 3.60. The molecule has 3 N–H and O–H groups in total. The Balaban J connectivity index is 1.39. The fourth-order valence-corrected chi connectivity index (χ4v) is 4.78. The smallest absolute Gasteiger partial charge is 0.255 e. The van der Waals surface area contributed by atoms with Crippen LogP contribution < -0.4 is 10.1 Å². The second kappa shape index (κ2) is 6.58. The topological polar surface area (TPSA) is 83.7 Å². The van der Waals surface area contributed by atoms with Gasteiger partial charge in [-0.1, -0.05) is 0 Å². The van der Waals surface area contributed by atoms with Crippen molar-refractivity contribution in [2.45, 2.75) is 31.1 Å². The molecule has 3 aromatic rings. The van der Waals surface area contributed by atoms with Gasteiger partial charge in [-0.25, -0.2) is 0 Å². The third-order valence-electron chi connectivity index (χ3n) is 6.18. The van der Waals surface area contributed by atoms with Crippen molar-refractivity contribution in [2.24, 2.45) is 0 Å². The number of hydrogen-bond acceptors (Lipinski definition) is 4. The van der Waals surface area contributed by atoms with Crippen molar-refractivity contribution in [1.82, 2.24) is 4.57 Å². The van der Waals surface area contributed by atoms with Gasteiger partial charge in [0.25, 0.3) is 5.91 Å². The van der Waals surface area contributed by atoms with Crippen molar-refractivity contribution in [3.8, 4) is 23.2 Å². The number of amides is 1. The normalized spacial score (nSPS) is 19.2. The van der Waals surface area contributed by atoms with Gasteiger partial charge in [0, 0.05) is 22.4 Å². The molecule has 29 heavy (non-hydrogen) atoms. The highest BCUT2D eigenvalue weighted by Gasteiger charge is 2.44. The molecule has 1 aromatic heterocycles. The number of carbonyl (C=O) groups excluding carboxylic acids is 1. The highest BCUT2D eigenvalue weighted by molar-refractivity contribution is 6.04. The average molecular weight is 390 g/mol. The quantitative estimate of drug-likeness (QED) is 0.612. The minimum atomic E-state index is -0.233. The van der Waals surface area contributed by atoms with Gasteiger partial charge in [-0.3, -0.25) is 9.36 Å². The SMILES string of the molecule is COc1ccc(NC(=O)c2ccc(-n3c(O)c4c(c3O)C3CCC4C3)cc2)cc1. The predicted molar refractivity (Wildman–Crippen MR) is 109 cm³/mol. The van der Waals surface area contributed by atoms with Crippen molar-refractivity contribution in [1.29, 1.82) is 0 Å². The summed E-state index contributed by atoms with van der Waals surface area (Å²) in [6.45, 7) is 0. The Morgan fingerprint density at radius 1 is 0.966 bits per heavy atom. The van der Waals surface area contributed by atoms with E-state index < -0.39 is 0 Å². The first-order valence-corrected chi connectivity index (χ1v) is 9.79. The van der Waals surface area contributed by atoms with Gasteiger partial charge in [-0.05, 0) is 79.6 Å². The summed E-state index contributed by atoms with van der Waals surface area (Å²) in [6, 6.07) is 14.0. The molecule has 0 spiro atoms. The number of rotatable bonds is 4. The van der Waals surface area contributed by atoms with Gasteiger partial charge in [-0.2, -0.15) is 0 Å². The van der Waals surface area contributed by atoms with E-state index in [0.717, 1.165) is 36.1 Å². The third-order valence-corrected chi connectivity index (χ3v) is 6.18.